The van der Waals surface area contributed by atoms with Gasteiger partial charge in [-0.05, 0) is 18.6 Å². The van der Waals surface area contributed by atoms with Crippen LogP contribution in [0.5, 0.6) is 0 Å². The molecular weight excluding hydrogens is 198 g/mol. The Kier molecular flexibility index (Phi) is 3.81. The van der Waals surface area contributed by atoms with Gasteiger partial charge >= 0.3 is 0 Å². The molecule has 0 aliphatic carbocycles. The average molecular weight is 217 g/mol. The first kappa shape index (κ1) is 11.0. The normalized spacial score (nSPS) is 10.8. The summed E-state index contributed by atoms with van der Waals surface area (Å²) in [4.78, 5) is 4.26. The van der Waals surface area contributed by atoms with E-state index in [-0.39, 0.29) is 0 Å². The van der Waals surface area contributed by atoms with Crippen molar-refractivity contribution in [1.82, 2.24) is 9.38 Å². The summed E-state index contributed by atoms with van der Waals surface area (Å²) >= 11 is 0. The van der Waals surface area contributed by atoms with Crippen LogP contribution in [0.4, 0.5) is 5.82 Å². The lowest BCUT2D eigenvalue weighted by Gasteiger charge is -2.08. The van der Waals surface area contributed by atoms with Crippen LogP contribution in [-0.4, -0.2) is 15.9 Å². The largest absolute Gasteiger partial charge is 0.371 e. The van der Waals surface area contributed by atoms with Crippen LogP contribution in [-0.2, 0) is 0 Å². The third-order valence-corrected chi connectivity index (χ3v) is 2.76. The Morgan fingerprint density at radius 2 is 2.19 bits per heavy atom. The Morgan fingerprint density at radius 1 is 1.25 bits per heavy atom. The van der Waals surface area contributed by atoms with Crippen molar-refractivity contribution in [2.24, 2.45) is 0 Å². The van der Waals surface area contributed by atoms with E-state index in [0.29, 0.717) is 0 Å². The fourth-order valence-corrected chi connectivity index (χ4v) is 1.86. The SMILES string of the molecule is CCCCCCNc1cccc2nccn12. The van der Waals surface area contributed by atoms with Crippen molar-refractivity contribution in [2.75, 3.05) is 11.9 Å². The fourth-order valence-electron chi connectivity index (χ4n) is 1.86. The lowest BCUT2D eigenvalue weighted by Crippen LogP contribution is -2.05. The van der Waals surface area contributed by atoms with E-state index < -0.39 is 0 Å². The van der Waals surface area contributed by atoms with Crippen LogP contribution in [0.2, 0.25) is 0 Å². The highest BCUT2D eigenvalue weighted by molar-refractivity contribution is 5.49. The van der Waals surface area contributed by atoms with Gasteiger partial charge in [-0.3, -0.25) is 4.40 Å². The molecule has 2 aromatic heterocycles. The summed E-state index contributed by atoms with van der Waals surface area (Å²) in [6.07, 6.45) is 8.98. The van der Waals surface area contributed by atoms with Gasteiger partial charge in [-0.2, -0.15) is 0 Å². The number of nitrogens with zero attached hydrogens (tertiary/aromatic N) is 2. The lowest BCUT2D eigenvalue weighted by molar-refractivity contribution is 0.684. The molecule has 0 aromatic carbocycles. The first-order valence-corrected chi connectivity index (χ1v) is 6.08. The van der Waals surface area contributed by atoms with Gasteiger partial charge in [0.1, 0.15) is 11.5 Å². The first-order chi connectivity index (χ1) is 7.92. The molecule has 0 saturated carbocycles. The van der Waals surface area contributed by atoms with Crippen molar-refractivity contribution in [1.29, 1.82) is 0 Å². The van der Waals surface area contributed by atoms with Crippen LogP contribution >= 0.6 is 0 Å². The number of unbranched alkanes of at least 4 members (excludes halogenated alkanes) is 3. The number of imidazole rings is 1. The van der Waals surface area contributed by atoms with E-state index in [4.69, 9.17) is 0 Å². The van der Waals surface area contributed by atoms with Crippen molar-refractivity contribution in [2.45, 2.75) is 32.6 Å². The van der Waals surface area contributed by atoms with Crippen LogP contribution in [0.25, 0.3) is 5.65 Å². The van der Waals surface area contributed by atoms with E-state index in [9.17, 15) is 0 Å². The molecule has 0 bridgehead atoms. The molecular formula is C13H19N3. The lowest BCUT2D eigenvalue weighted by atomic mass is 10.2. The average Bonchev–Trinajstić information content (AvgIpc) is 2.77. The maximum atomic E-state index is 4.26. The highest BCUT2D eigenvalue weighted by Crippen LogP contribution is 2.11. The summed E-state index contributed by atoms with van der Waals surface area (Å²) in [5.74, 6) is 1.13. The van der Waals surface area contributed by atoms with Gasteiger partial charge < -0.3 is 5.32 Å². The topological polar surface area (TPSA) is 29.3 Å². The number of nitrogens with one attached hydrogen (secondary N) is 1. The number of anilines is 1. The number of hydrogen-bond acceptors (Lipinski definition) is 2. The molecule has 3 heteroatoms. The number of hydrogen-bond donors (Lipinski definition) is 1. The van der Waals surface area contributed by atoms with Crippen LogP contribution < -0.4 is 5.32 Å². The number of aromatic nitrogens is 2. The van der Waals surface area contributed by atoms with Crippen molar-refractivity contribution in [3.8, 4) is 0 Å². The van der Waals surface area contributed by atoms with Gasteiger partial charge in [-0.25, -0.2) is 4.98 Å². The second kappa shape index (κ2) is 5.54. The summed E-state index contributed by atoms with van der Waals surface area (Å²) in [6.45, 7) is 3.27. The Balaban J connectivity index is 1.91. The molecule has 0 radical (unpaired) electrons. The van der Waals surface area contributed by atoms with Crippen molar-refractivity contribution in [3.63, 3.8) is 0 Å². The monoisotopic (exact) mass is 217 g/mol. The van der Waals surface area contributed by atoms with Gasteiger partial charge in [-0.15, -0.1) is 0 Å². The maximum Gasteiger partial charge on any atom is 0.138 e. The van der Waals surface area contributed by atoms with Gasteiger partial charge in [0.2, 0.25) is 0 Å². The summed E-state index contributed by atoms with van der Waals surface area (Å²) in [5, 5.41) is 3.46. The van der Waals surface area contributed by atoms with Gasteiger partial charge in [0.25, 0.3) is 0 Å². The number of pyridine rings is 1. The van der Waals surface area contributed by atoms with Crippen LogP contribution in [0.3, 0.4) is 0 Å². The predicted molar refractivity (Wildman–Crippen MR) is 67.8 cm³/mol. The van der Waals surface area contributed by atoms with Gasteiger partial charge in [0.05, 0.1) is 0 Å². The molecule has 2 aromatic rings. The summed E-state index contributed by atoms with van der Waals surface area (Å²) in [5.41, 5.74) is 0.999. The molecule has 86 valence electrons. The van der Waals surface area contributed by atoms with E-state index >= 15 is 0 Å². The Morgan fingerprint density at radius 3 is 3.06 bits per heavy atom. The van der Waals surface area contributed by atoms with E-state index in [1.165, 1.54) is 25.7 Å². The zero-order chi connectivity index (χ0) is 11.2. The number of fused-ring (bicyclic) bond motifs is 1. The third kappa shape index (κ3) is 2.54. The van der Waals surface area contributed by atoms with E-state index in [0.717, 1.165) is 18.0 Å². The molecule has 0 amide bonds. The van der Waals surface area contributed by atoms with E-state index in [1.807, 2.05) is 24.5 Å². The number of rotatable bonds is 6. The third-order valence-electron chi connectivity index (χ3n) is 2.76. The Labute approximate surface area is 96.5 Å². The standard InChI is InChI=1S/C13H19N3/c1-2-3-4-5-9-14-12-7-6-8-13-15-10-11-16(12)13/h6-8,10-11,14H,2-5,9H2,1H3. The molecule has 0 spiro atoms. The Bertz CT molecular complexity index is 433. The molecule has 3 nitrogen and oxygen atoms in total. The fraction of sp³-hybridized carbons (Fsp3) is 0.462. The molecule has 0 fully saturated rings. The summed E-state index contributed by atoms with van der Waals surface area (Å²) in [7, 11) is 0. The molecule has 2 rings (SSSR count). The minimum atomic E-state index is 0.999. The van der Waals surface area contributed by atoms with Gasteiger partial charge in [0, 0.05) is 18.9 Å². The summed E-state index contributed by atoms with van der Waals surface area (Å²) < 4.78 is 2.08. The Hall–Kier alpha value is -1.51. The minimum Gasteiger partial charge on any atom is -0.371 e. The van der Waals surface area contributed by atoms with Crippen LogP contribution in [0.15, 0.2) is 30.6 Å². The van der Waals surface area contributed by atoms with Crippen molar-refractivity contribution >= 4 is 11.5 Å². The predicted octanol–water partition coefficient (Wildman–Crippen LogP) is 3.33. The summed E-state index contributed by atoms with van der Waals surface area (Å²) in [6, 6.07) is 6.15. The van der Waals surface area contributed by atoms with Crippen molar-refractivity contribution in [3.05, 3.63) is 30.6 Å². The maximum absolute atomic E-state index is 4.26. The van der Waals surface area contributed by atoms with Crippen molar-refractivity contribution < 1.29 is 0 Å². The smallest absolute Gasteiger partial charge is 0.138 e. The molecule has 0 unspecified atom stereocenters. The molecule has 0 aliphatic heterocycles. The quantitative estimate of drug-likeness (QED) is 0.752. The molecule has 1 N–H and O–H groups in total. The van der Waals surface area contributed by atoms with Crippen LogP contribution in [0, 0.1) is 0 Å². The molecule has 2 heterocycles. The minimum absolute atomic E-state index is 0.999. The van der Waals surface area contributed by atoms with E-state index in [1.54, 1.807) is 0 Å². The zero-order valence-corrected chi connectivity index (χ0v) is 9.82. The first-order valence-electron chi connectivity index (χ1n) is 6.08. The molecule has 16 heavy (non-hydrogen) atoms. The molecule has 0 atom stereocenters. The van der Waals surface area contributed by atoms with Gasteiger partial charge in [0.15, 0.2) is 0 Å². The highest BCUT2D eigenvalue weighted by Gasteiger charge is 1.98. The van der Waals surface area contributed by atoms with Crippen LogP contribution in [0.1, 0.15) is 32.6 Å². The second-order valence-electron chi connectivity index (χ2n) is 4.05. The molecule has 0 saturated heterocycles. The van der Waals surface area contributed by atoms with E-state index in [2.05, 4.69) is 27.7 Å². The van der Waals surface area contributed by atoms with Gasteiger partial charge in [-0.1, -0.05) is 32.3 Å². The second-order valence-corrected chi connectivity index (χ2v) is 4.05. The highest BCUT2D eigenvalue weighted by atomic mass is 15.1. The zero-order valence-electron chi connectivity index (χ0n) is 9.82. The molecule has 0 aliphatic rings.